The van der Waals surface area contributed by atoms with Gasteiger partial charge in [-0.25, -0.2) is 0 Å². The Bertz CT molecular complexity index is 229. The van der Waals surface area contributed by atoms with Crippen LogP contribution in [0.15, 0.2) is 30.3 Å². The number of benzene rings is 1. The van der Waals surface area contributed by atoms with Crippen molar-refractivity contribution in [2.24, 2.45) is 5.73 Å². The molecule has 1 aromatic carbocycles. The highest BCUT2D eigenvalue weighted by atomic mass is 16.3. The molecule has 0 radical (unpaired) electrons. The smallest absolute Gasteiger partial charge is 0.0653 e. The van der Waals surface area contributed by atoms with Crippen molar-refractivity contribution < 1.29 is 5.11 Å². The summed E-state index contributed by atoms with van der Waals surface area (Å²) in [5.74, 6) is 0. The predicted octanol–water partition coefficient (Wildman–Crippen LogP) is 1.24. The second-order valence-corrected chi connectivity index (χ2v) is 3.03. The van der Waals surface area contributed by atoms with Crippen LogP contribution >= 0.6 is 0 Å². The lowest BCUT2D eigenvalue weighted by Gasteiger charge is -2.25. The van der Waals surface area contributed by atoms with Crippen LogP contribution < -0.4 is 5.73 Å². The summed E-state index contributed by atoms with van der Waals surface area (Å²) in [6.45, 7) is 1.97. The number of aliphatic hydroxyl groups is 1. The van der Waals surface area contributed by atoms with Gasteiger partial charge in [-0.1, -0.05) is 37.3 Å². The molecule has 1 aromatic rings. The van der Waals surface area contributed by atoms with E-state index in [1.54, 1.807) is 0 Å². The Hall–Kier alpha value is -0.860. The van der Waals surface area contributed by atoms with Gasteiger partial charge in [0.1, 0.15) is 0 Å². The molecule has 2 nitrogen and oxygen atoms in total. The largest absolute Gasteiger partial charge is 0.394 e. The van der Waals surface area contributed by atoms with Crippen molar-refractivity contribution in [1.82, 2.24) is 0 Å². The summed E-state index contributed by atoms with van der Waals surface area (Å²) in [5.41, 5.74) is 6.40. The maximum Gasteiger partial charge on any atom is 0.0653 e. The third-order valence-electron chi connectivity index (χ3n) is 2.26. The molecular weight excluding hydrogens is 150 g/mol. The van der Waals surface area contributed by atoms with E-state index in [1.165, 1.54) is 0 Å². The van der Waals surface area contributed by atoms with Crippen molar-refractivity contribution >= 4 is 0 Å². The molecule has 0 amide bonds. The van der Waals surface area contributed by atoms with Crippen molar-refractivity contribution in [3.63, 3.8) is 0 Å². The zero-order chi connectivity index (χ0) is 9.03. The summed E-state index contributed by atoms with van der Waals surface area (Å²) in [5, 5.41) is 9.11. The molecule has 66 valence electrons. The first kappa shape index (κ1) is 9.23. The van der Waals surface area contributed by atoms with Gasteiger partial charge in [0.05, 0.1) is 12.1 Å². The van der Waals surface area contributed by atoms with E-state index in [9.17, 15) is 0 Å². The van der Waals surface area contributed by atoms with Gasteiger partial charge in [-0.05, 0) is 12.0 Å². The first-order valence-corrected chi connectivity index (χ1v) is 4.18. The Morgan fingerprint density at radius 2 is 1.92 bits per heavy atom. The lowest BCUT2D eigenvalue weighted by molar-refractivity contribution is 0.192. The zero-order valence-corrected chi connectivity index (χ0v) is 7.33. The van der Waals surface area contributed by atoms with Crippen LogP contribution in [-0.2, 0) is 5.54 Å². The molecule has 0 spiro atoms. The Labute approximate surface area is 73.0 Å². The first-order chi connectivity index (χ1) is 5.73. The van der Waals surface area contributed by atoms with Crippen LogP contribution in [0.1, 0.15) is 18.9 Å². The maximum atomic E-state index is 9.11. The average molecular weight is 165 g/mol. The molecule has 12 heavy (non-hydrogen) atoms. The fraction of sp³-hybridized carbons (Fsp3) is 0.400. The summed E-state index contributed by atoms with van der Waals surface area (Å²) in [6.07, 6.45) is 0.744. The minimum Gasteiger partial charge on any atom is -0.394 e. The highest BCUT2D eigenvalue weighted by Crippen LogP contribution is 2.20. The Kier molecular flexibility index (Phi) is 2.84. The Morgan fingerprint density at radius 1 is 1.33 bits per heavy atom. The molecule has 2 heteroatoms. The quantitative estimate of drug-likeness (QED) is 0.708. The number of hydrogen-bond donors (Lipinski definition) is 2. The Morgan fingerprint density at radius 3 is 2.33 bits per heavy atom. The molecule has 1 unspecified atom stereocenters. The fourth-order valence-corrected chi connectivity index (χ4v) is 1.18. The van der Waals surface area contributed by atoms with Gasteiger partial charge in [-0.2, -0.15) is 0 Å². The van der Waals surface area contributed by atoms with Crippen molar-refractivity contribution in [3.8, 4) is 0 Å². The van der Waals surface area contributed by atoms with E-state index in [-0.39, 0.29) is 6.61 Å². The first-order valence-electron chi connectivity index (χ1n) is 4.18. The molecule has 0 bridgehead atoms. The highest BCUT2D eigenvalue weighted by molar-refractivity contribution is 5.23. The molecular formula is C10H15NO. The lowest BCUT2D eigenvalue weighted by Crippen LogP contribution is -2.39. The average Bonchev–Trinajstić information content (AvgIpc) is 2.18. The lowest BCUT2D eigenvalue weighted by atomic mass is 9.89. The zero-order valence-electron chi connectivity index (χ0n) is 7.33. The van der Waals surface area contributed by atoms with Gasteiger partial charge in [0.2, 0.25) is 0 Å². The molecule has 1 rings (SSSR count). The molecule has 0 aliphatic rings. The molecule has 0 aromatic heterocycles. The van der Waals surface area contributed by atoms with Gasteiger partial charge < -0.3 is 10.8 Å². The van der Waals surface area contributed by atoms with Crippen LogP contribution in [0.4, 0.5) is 0 Å². The molecule has 0 saturated carbocycles. The van der Waals surface area contributed by atoms with Crippen LogP contribution in [0.3, 0.4) is 0 Å². The van der Waals surface area contributed by atoms with E-state index in [0.717, 1.165) is 12.0 Å². The van der Waals surface area contributed by atoms with Crippen LogP contribution in [0.2, 0.25) is 0 Å². The van der Waals surface area contributed by atoms with Gasteiger partial charge in [0.15, 0.2) is 0 Å². The Balaban J connectivity index is 2.95. The SMILES string of the molecule is CCC(N)(CO)c1ccccc1. The van der Waals surface area contributed by atoms with Crippen LogP contribution in [0.5, 0.6) is 0 Å². The van der Waals surface area contributed by atoms with Gasteiger partial charge in [-0.15, -0.1) is 0 Å². The molecule has 0 aliphatic carbocycles. The summed E-state index contributed by atoms with van der Waals surface area (Å²) < 4.78 is 0. The third kappa shape index (κ3) is 1.65. The van der Waals surface area contributed by atoms with Gasteiger partial charge >= 0.3 is 0 Å². The summed E-state index contributed by atoms with van der Waals surface area (Å²) in [6, 6.07) is 9.70. The van der Waals surface area contributed by atoms with Crippen molar-refractivity contribution in [3.05, 3.63) is 35.9 Å². The molecule has 0 saturated heterocycles. The normalized spacial score (nSPS) is 15.6. The molecule has 0 fully saturated rings. The summed E-state index contributed by atoms with van der Waals surface area (Å²) in [7, 11) is 0. The van der Waals surface area contributed by atoms with E-state index in [4.69, 9.17) is 10.8 Å². The standard InChI is InChI=1S/C10H15NO/c1-2-10(11,8-12)9-6-4-3-5-7-9/h3-7,12H,2,8,11H2,1H3. The second kappa shape index (κ2) is 3.70. The number of aliphatic hydroxyl groups excluding tert-OH is 1. The molecule has 3 N–H and O–H groups in total. The van der Waals surface area contributed by atoms with Gasteiger partial charge in [-0.3, -0.25) is 0 Å². The summed E-state index contributed by atoms with van der Waals surface area (Å²) >= 11 is 0. The second-order valence-electron chi connectivity index (χ2n) is 3.03. The molecule has 1 atom stereocenters. The predicted molar refractivity (Wildman–Crippen MR) is 49.7 cm³/mol. The van der Waals surface area contributed by atoms with Crippen molar-refractivity contribution in [1.29, 1.82) is 0 Å². The highest BCUT2D eigenvalue weighted by Gasteiger charge is 2.23. The summed E-state index contributed by atoms with van der Waals surface area (Å²) in [4.78, 5) is 0. The van der Waals surface area contributed by atoms with Crippen LogP contribution in [0, 0.1) is 0 Å². The fourth-order valence-electron chi connectivity index (χ4n) is 1.18. The topological polar surface area (TPSA) is 46.2 Å². The third-order valence-corrected chi connectivity index (χ3v) is 2.26. The van der Waals surface area contributed by atoms with E-state index in [2.05, 4.69) is 0 Å². The minimum atomic E-state index is -0.568. The monoisotopic (exact) mass is 165 g/mol. The van der Waals surface area contributed by atoms with E-state index < -0.39 is 5.54 Å². The minimum absolute atomic E-state index is 0.00644. The number of hydrogen-bond acceptors (Lipinski definition) is 2. The molecule has 0 aliphatic heterocycles. The van der Waals surface area contributed by atoms with E-state index in [0.29, 0.717) is 0 Å². The van der Waals surface area contributed by atoms with Gasteiger partial charge in [0.25, 0.3) is 0 Å². The maximum absolute atomic E-state index is 9.11. The van der Waals surface area contributed by atoms with Crippen molar-refractivity contribution in [2.75, 3.05) is 6.61 Å². The van der Waals surface area contributed by atoms with Crippen LogP contribution in [0.25, 0.3) is 0 Å². The van der Waals surface area contributed by atoms with Crippen molar-refractivity contribution in [2.45, 2.75) is 18.9 Å². The van der Waals surface area contributed by atoms with E-state index >= 15 is 0 Å². The van der Waals surface area contributed by atoms with Gasteiger partial charge in [0, 0.05) is 0 Å². The van der Waals surface area contributed by atoms with Crippen LogP contribution in [-0.4, -0.2) is 11.7 Å². The van der Waals surface area contributed by atoms with E-state index in [1.807, 2.05) is 37.3 Å². The molecule has 0 heterocycles. The number of nitrogens with two attached hydrogens (primary N) is 1. The number of rotatable bonds is 3.